The largest absolute Gasteiger partial charge is 0.491 e. The Hall–Kier alpha value is -1.06. The van der Waals surface area contributed by atoms with Crippen LogP contribution in [0.1, 0.15) is 38.2 Å². The van der Waals surface area contributed by atoms with Crippen LogP contribution in [0.3, 0.4) is 0 Å². The molecule has 2 N–H and O–H groups in total. The highest BCUT2D eigenvalue weighted by atomic mass is 16.5. The van der Waals surface area contributed by atoms with Crippen molar-refractivity contribution >= 4 is 0 Å². The number of rotatable bonds is 9. The second-order valence-electron chi connectivity index (χ2n) is 5.76. The van der Waals surface area contributed by atoms with E-state index in [9.17, 15) is 5.11 Å². The van der Waals surface area contributed by atoms with Gasteiger partial charge >= 0.3 is 0 Å². The second kappa shape index (κ2) is 8.28. The minimum absolute atomic E-state index is 0.351. The number of nitrogens with one attached hydrogen (secondary N) is 1. The van der Waals surface area contributed by atoms with Crippen molar-refractivity contribution in [3.63, 3.8) is 0 Å². The molecule has 1 unspecified atom stereocenters. The molecule has 0 spiro atoms. The van der Waals surface area contributed by atoms with Crippen molar-refractivity contribution in [2.75, 3.05) is 19.7 Å². The van der Waals surface area contributed by atoms with Gasteiger partial charge in [-0.05, 0) is 43.0 Å². The van der Waals surface area contributed by atoms with Crippen molar-refractivity contribution in [3.8, 4) is 5.75 Å². The molecule has 1 aromatic carbocycles. The van der Waals surface area contributed by atoms with Crippen molar-refractivity contribution in [2.45, 2.75) is 45.1 Å². The predicted octanol–water partition coefficient (Wildman–Crippen LogP) is 2.77. The summed E-state index contributed by atoms with van der Waals surface area (Å²) in [5, 5.41) is 13.2. The van der Waals surface area contributed by atoms with Crippen LogP contribution in [0.4, 0.5) is 0 Å². The first kappa shape index (κ1) is 15.3. The van der Waals surface area contributed by atoms with E-state index in [0.29, 0.717) is 13.2 Å². The number of benzene rings is 1. The van der Waals surface area contributed by atoms with Gasteiger partial charge in [0.1, 0.15) is 18.5 Å². The molecule has 0 saturated heterocycles. The average Bonchev–Trinajstić information content (AvgIpc) is 2.43. The Morgan fingerprint density at radius 1 is 1.40 bits per heavy atom. The maximum Gasteiger partial charge on any atom is 0.119 e. The van der Waals surface area contributed by atoms with Gasteiger partial charge in [0.2, 0.25) is 0 Å². The third kappa shape index (κ3) is 5.14. The van der Waals surface area contributed by atoms with E-state index >= 15 is 0 Å². The SMILES string of the molecule is CCc1cccc(OCC(O)CNCCC2CCC2)c1. The molecule has 2 rings (SSSR count). The third-order valence-corrected chi connectivity index (χ3v) is 4.08. The van der Waals surface area contributed by atoms with Crippen LogP contribution in [0.25, 0.3) is 0 Å². The molecule has 112 valence electrons. The minimum atomic E-state index is -0.443. The fraction of sp³-hybridized carbons (Fsp3) is 0.647. The first-order valence-electron chi connectivity index (χ1n) is 7.88. The smallest absolute Gasteiger partial charge is 0.119 e. The number of ether oxygens (including phenoxy) is 1. The fourth-order valence-corrected chi connectivity index (χ4v) is 2.46. The van der Waals surface area contributed by atoms with Crippen LogP contribution in [0.5, 0.6) is 5.75 Å². The van der Waals surface area contributed by atoms with Gasteiger partial charge in [0.15, 0.2) is 0 Å². The zero-order valence-corrected chi connectivity index (χ0v) is 12.5. The predicted molar refractivity (Wildman–Crippen MR) is 82.1 cm³/mol. The lowest BCUT2D eigenvalue weighted by atomic mass is 9.83. The maximum atomic E-state index is 9.89. The number of aliphatic hydroxyl groups is 1. The van der Waals surface area contributed by atoms with E-state index in [-0.39, 0.29) is 0 Å². The quantitative estimate of drug-likeness (QED) is 0.682. The van der Waals surface area contributed by atoms with Crippen molar-refractivity contribution < 1.29 is 9.84 Å². The van der Waals surface area contributed by atoms with Gasteiger partial charge in [-0.3, -0.25) is 0 Å². The van der Waals surface area contributed by atoms with E-state index in [1.165, 1.54) is 31.2 Å². The van der Waals surface area contributed by atoms with Gasteiger partial charge in [0.05, 0.1) is 0 Å². The summed E-state index contributed by atoms with van der Waals surface area (Å²) in [6, 6.07) is 8.06. The van der Waals surface area contributed by atoms with E-state index in [1.807, 2.05) is 18.2 Å². The monoisotopic (exact) mass is 277 g/mol. The molecule has 1 fully saturated rings. The molecule has 1 saturated carbocycles. The Bertz CT molecular complexity index is 390. The summed E-state index contributed by atoms with van der Waals surface area (Å²) in [7, 11) is 0. The van der Waals surface area contributed by atoms with Crippen LogP contribution in [-0.4, -0.2) is 30.9 Å². The Labute approximate surface area is 122 Å². The fourth-order valence-electron chi connectivity index (χ4n) is 2.46. The molecule has 0 bridgehead atoms. The summed E-state index contributed by atoms with van der Waals surface area (Å²) >= 11 is 0. The highest BCUT2D eigenvalue weighted by Gasteiger charge is 2.16. The lowest BCUT2D eigenvalue weighted by molar-refractivity contribution is 0.105. The van der Waals surface area contributed by atoms with Crippen LogP contribution < -0.4 is 10.1 Å². The molecule has 1 aliphatic rings. The Morgan fingerprint density at radius 2 is 2.25 bits per heavy atom. The number of hydrogen-bond donors (Lipinski definition) is 2. The van der Waals surface area contributed by atoms with E-state index in [4.69, 9.17) is 4.74 Å². The Morgan fingerprint density at radius 3 is 2.95 bits per heavy atom. The highest BCUT2D eigenvalue weighted by molar-refractivity contribution is 5.28. The summed E-state index contributed by atoms with van der Waals surface area (Å²) in [4.78, 5) is 0. The molecule has 0 radical (unpaired) electrons. The molecule has 1 aromatic rings. The van der Waals surface area contributed by atoms with Gasteiger partial charge in [0, 0.05) is 6.54 Å². The number of hydrogen-bond acceptors (Lipinski definition) is 3. The van der Waals surface area contributed by atoms with E-state index in [0.717, 1.165) is 24.6 Å². The minimum Gasteiger partial charge on any atom is -0.491 e. The first-order chi connectivity index (χ1) is 9.78. The summed E-state index contributed by atoms with van der Waals surface area (Å²) in [6.45, 7) is 4.09. The van der Waals surface area contributed by atoms with E-state index < -0.39 is 6.10 Å². The molecule has 0 aliphatic heterocycles. The molecular weight excluding hydrogens is 250 g/mol. The van der Waals surface area contributed by atoms with Gasteiger partial charge in [-0.15, -0.1) is 0 Å². The molecule has 0 amide bonds. The summed E-state index contributed by atoms with van der Waals surface area (Å²) < 4.78 is 5.63. The Kier molecular flexibility index (Phi) is 6.34. The summed E-state index contributed by atoms with van der Waals surface area (Å²) in [5.74, 6) is 1.77. The maximum absolute atomic E-state index is 9.89. The van der Waals surface area contributed by atoms with Gasteiger partial charge in [-0.25, -0.2) is 0 Å². The molecular formula is C17H27NO2. The van der Waals surface area contributed by atoms with E-state index in [1.54, 1.807) is 0 Å². The van der Waals surface area contributed by atoms with Crippen LogP contribution in [0.2, 0.25) is 0 Å². The van der Waals surface area contributed by atoms with Crippen molar-refractivity contribution in [1.29, 1.82) is 0 Å². The van der Waals surface area contributed by atoms with Gasteiger partial charge in [-0.1, -0.05) is 38.3 Å². The molecule has 20 heavy (non-hydrogen) atoms. The summed E-state index contributed by atoms with van der Waals surface area (Å²) in [6.07, 6.45) is 5.98. The van der Waals surface area contributed by atoms with Crippen LogP contribution >= 0.6 is 0 Å². The first-order valence-corrected chi connectivity index (χ1v) is 7.88. The van der Waals surface area contributed by atoms with Gasteiger partial charge in [-0.2, -0.15) is 0 Å². The van der Waals surface area contributed by atoms with E-state index in [2.05, 4.69) is 18.3 Å². The van der Waals surface area contributed by atoms with Crippen LogP contribution in [0.15, 0.2) is 24.3 Å². The van der Waals surface area contributed by atoms with Crippen molar-refractivity contribution in [3.05, 3.63) is 29.8 Å². The molecule has 3 heteroatoms. The highest BCUT2D eigenvalue weighted by Crippen LogP contribution is 2.28. The molecule has 0 heterocycles. The lowest BCUT2D eigenvalue weighted by Crippen LogP contribution is -2.33. The number of aryl methyl sites for hydroxylation is 1. The average molecular weight is 277 g/mol. The van der Waals surface area contributed by atoms with Crippen LogP contribution in [-0.2, 0) is 6.42 Å². The zero-order chi connectivity index (χ0) is 14.2. The van der Waals surface area contributed by atoms with Gasteiger partial charge < -0.3 is 15.2 Å². The van der Waals surface area contributed by atoms with Crippen molar-refractivity contribution in [1.82, 2.24) is 5.32 Å². The standard InChI is InChI=1S/C17H27NO2/c1-2-14-5-4-8-17(11-14)20-13-16(19)12-18-10-9-15-6-3-7-15/h4-5,8,11,15-16,18-19H,2-3,6-7,9-10,12-13H2,1H3. The lowest BCUT2D eigenvalue weighted by Gasteiger charge is -2.25. The molecule has 0 aromatic heterocycles. The zero-order valence-electron chi connectivity index (χ0n) is 12.5. The normalized spacial score (nSPS) is 16.7. The molecule has 3 nitrogen and oxygen atoms in total. The second-order valence-corrected chi connectivity index (χ2v) is 5.76. The molecule has 1 aliphatic carbocycles. The summed E-state index contributed by atoms with van der Waals surface area (Å²) in [5.41, 5.74) is 1.26. The topological polar surface area (TPSA) is 41.5 Å². The number of aliphatic hydroxyl groups excluding tert-OH is 1. The Balaban J connectivity index is 1.57. The van der Waals surface area contributed by atoms with Gasteiger partial charge in [0.25, 0.3) is 0 Å². The van der Waals surface area contributed by atoms with Crippen LogP contribution in [0, 0.1) is 5.92 Å². The van der Waals surface area contributed by atoms with Crippen molar-refractivity contribution in [2.24, 2.45) is 5.92 Å². The molecule has 1 atom stereocenters. The third-order valence-electron chi connectivity index (χ3n) is 4.08.